The standard InChI is InChI=1S/C23H27BrClN3O4/c1-31-22(30)15-26-23(16-3-2-4-18(25)13-16)19-14-17(24)5-6-20(19)27-21(29)7-8-28-9-11-32-12-10-28/h2-6,13-14,23,26H,7-12,15H2,1H3,(H,27,29)/t23-/m1/s1. The number of nitrogens with one attached hydrogen (secondary N) is 2. The summed E-state index contributed by atoms with van der Waals surface area (Å²) in [4.78, 5) is 26.7. The lowest BCUT2D eigenvalue weighted by Gasteiger charge is -2.26. The predicted molar refractivity (Wildman–Crippen MR) is 128 cm³/mol. The normalized spacial score (nSPS) is 15.2. The number of carbonyl (C=O) groups excluding carboxylic acids is 2. The van der Waals surface area contributed by atoms with Crippen LogP contribution in [0.15, 0.2) is 46.9 Å². The van der Waals surface area contributed by atoms with E-state index in [-0.39, 0.29) is 24.5 Å². The van der Waals surface area contributed by atoms with Gasteiger partial charge in [-0.2, -0.15) is 0 Å². The van der Waals surface area contributed by atoms with E-state index in [1.807, 2.05) is 36.4 Å². The lowest BCUT2D eigenvalue weighted by Crippen LogP contribution is -2.38. The first-order chi connectivity index (χ1) is 15.5. The number of esters is 1. The molecule has 1 aliphatic rings. The Morgan fingerprint density at radius 3 is 2.72 bits per heavy atom. The van der Waals surface area contributed by atoms with E-state index >= 15 is 0 Å². The van der Waals surface area contributed by atoms with Gasteiger partial charge in [0.05, 0.1) is 32.9 Å². The van der Waals surface area contributed by atoms with Crippen LogP contribution in [0, 0.1) is 0 Å². The lowest BCUT2D eigenvalue weighted by molar-refractivity contribution is -0.139. The maximum absolute atomic E-state index is 12.7. The minimum Gasteiger partial charge on any atom is -0.468 e. The Bertz CT molecular complexity index is 937. The van der Waals surface area contributed by atoms with Gasteiger partial charge < -0.3 is 14.8 Å². The van der Waals surface area contributed by atoms with Gasteiger partial charge in [-0.05, 0) is 41.5 Å². The first-order valence-electron chi connectivity index (χ1n) is 10.4. The van der Waals surface area contributed by atoms with Crippen molar-refractivity contribution in [3.8, 4) is 0 Å². The second kappa shape index (κ2) is 12.3. The van der Waals surface area contributed by atoms with Crippen molar-refractivity contribution in [2.24, 2.45) is 0 Å². The van der Waals surface area contributed by atoms with E-state index in [9.17, 15) is 9.59 Å². The number of ether oxygens (including phenoxy) is 2. The molecule has 1 saturated heterocycles. The van der Waals surface area contributed by atoms with Crippen molar-refractivity contribution in [3.63, 3.8) is 0 Å². The summed E-state index contributed by atoms with van der Waals surface area (Å²) < 4.78 is 11.0. The molecule has 2 aromatic rings. The van der Waals surface area contributed by atoms with E-state index < -0.39 is 0 Å². The number of amides is 1. The van der Waals surface area contributed by atoms with Gasteiger partial charge in [-0.3, -0.25) is 19.8 Å². The molecule has 1 heterocycles. The molecule has 0 radical (unpaired) electrons. The van der Waals surface area contributed by atoms with Gasteiger partial charge >= 0.3 is 5.97 Å². The summed E-state index contributed by atoms with van der Waals surface area (Å²) in [5.74, 6) is -0.457. The highest BCUT2D eigenvalue weighted by Crippen LogP contribution is 2.32. The van der Waals surface area contributed by atoms with Gasteiger partial charge in [0, 0.05) is 41.2 Å². The Morgan fingerprint density at radius 1 is 1.22 bits per heavy atom. The van der Waals surface area contributed by atoms with Gasteiger partial charge in [0.15, 0.2) is 0 Å². The summed E-state index contributed by atoms with van der Waals surface area (Å²) in [6.07, 6.45) is 0.382. The van der Waals surface area contributed by atoms with Gasteiger partial charge in [0.1, 0.15) is 0 Å². The van der Waals surface area contributed by atoms with E-state index in [2.05, 4.69) is 31.5 Å². The molecule has 7 nitrogen and oxygen atoms in total. The van der Waals surface area contributed by atoms with Crippen molar-refractivity contribution in [2.75, 3.05) is 51.8 Å². The highest BCUT2D eigenvalue weighted by molar-refractivity contribution is 9.10. The number of halogens is 2. The van der Waals surface area contributed by atoms with Crippen LogP contribution in [0.2, 0.25) is 5.02 Å². The first-order valence-corrected chi connectivity index (χ1v) is 11.6. The molecule has 2 aromatic carbocycles. The van der Waals surface area contributed by atoms with Crippen molar-refractivity contribution in [1.82, 2.24) is 10.2 Å². The van der Waals surface area contributed by atoms with Gasteiger partial charge in [-0.25, -0.2) is 0 Å². The molecule has 0 aromatic heterocycles. The number of anilines is 1. The van der Waals surface area contributed by atoms with Crippen LogP contribution in [0.4, 0.5) is 5.69 Å². The van der Waals surface area contributed by atoms with E-state index in [1.165, 1.54) is 7.11 Å². The minimum absolute atomic E-state index is 0.00457. The third-order valence-electron chi connectivity index (χ3n) is 5.22. The zero-order chi connectivity index (χ0) is 22.9. The fourth-order valence-corrected chi connectivity index (χ4v) is 4.11. The van der Waals surface area contributed by atoms with Crippen molar-refractivity contribution in [2.45, 2.75) is 12.5 Å². The van der Waals surface area contributed by atoms with Crippen molar-refractivity contribution in [1.29, 1.82) is 0 Å². The number of hydrogen-bond acceptors (Lipinski definition) is 6. The zero-order valence-corrected chi connectivity index (χ0v) is 20.2. The average molecular weight is 525 g/mol. The number of carbonyl (C=O) groups is 2. The number of nitrogens with zero attached hydrogens (tertiary/aromatic N) is 1. The fraction of sp³-hybridized carbons (Fsp3) is 0.391. The number of hydrogen-bond donors (Lipinski definition) is 2. The third-order valence-corrected chi connectivity index (χ3v) is 5.95. The summed E-state index contributed by atoms with van der Waals surface area (Å²) >= 11 is 9.74. The minimum atomic E-state index is -0.389. The molecule has 1 amide bonds. The zero-order valence-electron chi connectivity index (χ0n) is 17.9. The van der Waals surface area contributed by atoms with E-state index in [4.69, 9.17) is 21.1 Å². The second-order valence-corrected chi connectivity index (χ2v) is 8.78. The molecule has 1 atom stereocenters. The SMILES string of the molecule is COC(=O)CN[C@H](c1cccc(Cl)c1)c1cc(Br)ccc1NC(=O)CCN1CCOCC1. The number of rotatable bonds is 9. The van der Waals surface area contributed by atoms with Gasteiger partial charge in [0.25, 0.3) is 0 Å². The Balaban J connectivity index is 1.81. The quantitative estimate of drug-likeness (QED) is 0.488. The summed E-state index contributed by atoms with van der Waals surface area (Å²) in [6.45, 7) is 3.76. The lowest BCUT2D eigenvalue weighted by atomic mass is 9.96. The number of benzene rings is 2. The maximum Gasteiger partial charge on any atom is 0.319 e. The molecule has 32 heavy (non-hydrogen) atoms. The van der Waals surface area contributed by atoms with Crippen LogP contribution >= 0.6 is 27.5 Å². The number of morpholine rings is 1. The summed E-state index contributed by atoms with van der Waals surface area (Å²) in [5.41, 5.74) is 2.34. The number of methoxy groups -OCH3 is 1. The van der Waals surface area contributed by atoms with Crippen LogP contribution in [0.25, 0.3) is 0 Å². The molecule has 1 aliphatic heterocycles. The van der Waals surface area contributed by atoms with Gasteiger partial charge in [0.2, 0.25) is 5.91 Å². The summed E-state index contributed by atoms with van der Waals surface area (Å²) in [6, 6.07) is 12.7. The van der Waals surface area contributed by atoms with Crippen LogP contribution in [0.1, 0.15) is 23.6 Å². The molecule has 172 valence electrons. The maximum atomic E-state index is 12.7. The smallest absolute Gasteiger partial charge is 0.319 e. The molecule has 0 unspecified atom stereocenters. The molecule has 3 rings (SSSR count). The molecule has 0 aliphatic carbocycles. The third kappa shape index (κ3) is 7.28. The van der Waals surface area contributed by atoms with Crippen molar-refractivity contribution >= 4 is 45.1 Å². The van der Waals surface area contributed by atoms with Crippen LogP contribution in [0.3, 0.4) is 0 Å². The summed E-state index contributed by atoms with van der Waals surface area (Å²) in [7, 11) is 1.34. The van der Waals surface area contributed by atoms with Gasteiger partial charge in [-0.15, -0.1) is 0 Å². The first kappa shape index (κ1) is 24.7. The highest BCUT2D eigenvalue weighted by atomic mass is 79.9. The molecule has 0 spiro atoms. The monoisotopic (exact) mass is 523 g/mol. The average Bonchev–Trinajstić information content (AvgIpc) is 2.80. The predicted octanol–water partition coefficient (Wildman–Crippen LogP) is 3.62. The Labute approximate surface area is 201 Å². The fourth-order valence-electron chi connectivity index (χ4n) is 3.53. The largest absolute Gasteiger partial charge is 0.468 e. The Hall–Kier alpha value is -1.97. The highest BCUT2D eigenvalue weighted by Gasteiger charge is 2.21. The van der Waals surface area contributed by atoms with Crippen LogP contribution < -0.4 is 10.6 Å². The Morgan fingerprint density at radius 2 is 2.00 bits per heavy atom. The molecule has 0 bridgehead atoms. The molecular formula is C23H27BrClN3O4. The molecule has 0 saturated carbocycles. The molecule has 9 heteroatoms. The molecular weight excluding hydrogens is 498 g/mol. The molecule has 2 N–H and O–H groups in total. The van der Waals surface area contributed by atoms with E-state index in [0.717, 1.165) is 28.7 Å². The van der Waals surface area contributed by atoms with E-state index in [1.54, 1.807) is 6.07 Å². The summed E-state index contributed by atoms with van der Waals surface area (Å²) in [5, 5.41) is 6.85. The molecule has 1 fully saturated rings. The van der Waals surface area contributed by atoms with E-state index in [0.29, 0.717) is 36.9 Å². The van der Waals surface area contributed by atoms with Crippen molar-refractivity contribution < 1.29 is 19.1 Å². The van der Waals surface area contributed by atoms with Gasteiger partial charge in [-0.1, -0.05) is 39.7 Å². The van der Waals surface area contributed by atoms with Crippen LogP contribution in [-0.2, 0) is 19.1 Å². The second-order valence-electron chi connectivity index (χ2n) is 7.43. The van der Waals surface area contributed by atoms with Crippen LogP contribution in [-0.4, -0.2) is 63.3 Å². The van der Waals surface area contributed by atoms with Crippen molar-refractivity contribution in [3.05, 3.63) is 63.1 Å². The Kier molecular flexibility index (Phi) is 9.50. The van der Waals surface area contributed by atoms with Crippen LogP contribution in [0.5, 0.6) is 0 Å². The topological polar surface area (TPSA) is 79.9 Å².